The fraction of sp³-hybridized carbons (Fsp3) is 0.100. The Morgan fingerprint density at radius 1 is 1.18 bits per heavy atom. The summed E-state index contributed by atoms with van der Waals surface area (Å²) in [5.41, 5.74) is 8.54. The second-order valence-electron chi connectivity index (χ2n) is 4.50. The highest BCUT2D eigenvalue weighted by atomic mass is 16.5. The van der Waals surface area contributed by atoms with Crippen LogP contribution in [0.25, 0.3) is 5.57 Å². The predicted octanol–water partition coefficient (Wildman–Crippen LogP) is 5.44. The van der Waals surface area contributed by atoms with Crippen LogP contribution in [-0.4, -0.2) is 0 Å². The molecule has 22 heavy (non-hydrogen) atoms. The van der Waals surface area contributed by atoms with Gasteiger partial charge in [0, 0.05) is 17.3 Å². The van der Waals surface area contributed by atoms with Gasteiger partial charge in [-0.15, -0.1) is 0 Å². The zero-order valence-corrected chi connectivity index (χ0v) is 13.3. The summed E-state index contributed by atoms with van der Waals surface area (Å²) < 4.78 is 5.95. The minimum Gasteiger partial charge on any atom is -0.457 e. The van der Waals surface area contributed by atoms with Crippen LogP contribution in [0, 0.1) is 0 Å². The number of hydrogen-bond donors (Lipinski definition) is 1. The van der Waals surface area contributed by atoms with Crippen molar-refractivity contribution >= 4 is 11.3 Å². The lowest BCUT2D eigenvalue weighted by Crippen LogP contribution is -1.97. The first-order valence-electron chi connectivity index (χ1n) is 7.14. The van der Waals surface area contributed by atoms with Crippen LogP contribution in [0.3, 0.4) is 0 Å². The summed E-state index contributed by atoms with van der Waals surface area (Å²) in [6.45, 7) is 11.4. The molecule has 0 aliphatic rings. The molecule has 0 radical (unpaired) electrons. The number of nitrogen functional groups attached to an aromatic ring is 1. The molecule has 114 valence electrons. The molecule has 0 atom stereocenters. The normalized spacial score (nSPS) is 12.8. The zero-order chi connectivity index (χ0) is 16.4. The summed E-state index contributed by atoms with van der Waals surface area (Å²) >= 11 is 0. The Morgan fingerprint density at radius 2 is 1.95 bits per heavy atom. The van der Waals surface area contributed by atoms with Crippen molar-refractivity contribution in [2.24, 2.45) is 0 Å². The van der Waals surface area contributed by atoms with Gasteiger partial charge in [-0.1, -0.05) is 49.6 Å². The molecule has 2 nitrogen and oxygen atoms in total. The van der Waals surface area contributed by atoms with Crippen molar-refractivity contribution < 1.29 is 4.74 Å². The first-order chi connectivity index (χ1) is 10.7. The first-order valence-corrected chi connectivity index (χ1v) is 7.14. The molecular formula is C20H23NO. The lowest BCUT2D eigenvalue weighted by molar-refractivity contribution is 0.444. The molecular weight excluding hydrogens is 270 g/mol. The molecule has 1 aromatic rings. The minimum atomic E-state index is 0.649. The van der Waals surface area contributed by atoms with Crippen molar-refractivity contribution in [3.05, 3.63) is 91.3 Å². The number of nitrogens with two attached hydrogens (primary N) is 1. The number of ether oxygens (including phenoxy) is 1. The first kappa shape index (κ1) is 17.3. The van der Waals surface area contributed by atoms with Crippen LogP contribution in [0.2, 0.25) is 0 Å². The van der Waals surface area contributed by atoms with E-state index in [-0.39, 0.29) is 0 Å². The van der Waals surface area contributed by atoms with E-state index in [0.717, 1.165) is 11.1 Å². The van der Waals surface area contributed by atoms with E-state index in [9.17, 15) is 0 Å². The van der Waals surface area contributed by atoms with Crippen LogP contribution in [-0.2, 0) is 0 Å². The quantitative estimate of drug-likeness (QED) is 0.413. The van der Waals surface area contributed by atoms with E-state index in [4.69, 9.17) is 10.5 Å². The molecule has 0 aliphatic carbocycles. The van der Waals surface area contributed by atoms with E-state index in [1.165, 1.54) is 0 Å². The maximum atomic E-state index is 5.95. The van der Waals surface area contributed by atoms with Gasteiger partial charge < -0.3 is 10.5 Å². The molecule has 0 bridgehead atoms. The molecule has 2 N–H and O–H groups in total. The lowest BCUT2D eigenvalue weighted by atomic mass is 10.0. The Bertz CT molecular complexity index is 646. The van der Waals surface area contributed by atoms with Crippen molar-refractivity contribution in [3.8, 4) is 5.75 Å². The van der Waals surface area contributed by atoms with Gasteiger partial charge in [0.25, 0.3) is 0 Å². The zero-order valence-electron chi connectivity index (χ0n) is 13.3. The molecule has 1 rings (SSSR count). The predicted molar refractivity (Wildman–Crippen MR) is 97.6 cm³/mol. The minimum absolute atomic E-state index is 0.649. The smallest absolute Gasteiger partial charge is 0.137 e. The van der Waals surface area contributed by atoms with Gasteiger partial charge in [-0.25, -0.2) is 0 Å². The Kier molecular flexibility index (Phi) is 7.27. The number of rotatable bonds is 7. The summed E-state index contributed by atoms with van der Waals surface area (Å²) in [4.78, 5) is 0. The summed E-state index contributed by atoms with van der Waals surface area (Å²) in [6.07, 6.45) is 15.0. The molecule has 0 amide bonds. The maximum absolute atomic E-state index is 5.95. The topological polar surface area (TPSA) is 35.2 Å². The Morgan fingerprint density at radius 3 is 2.55 bits per heavy atom. The highest BCUT2D eigenvalue weighted by molar-refractivity contribution is 5.79. The number of benzene rings is 1. The molecule has 0 spiro atoms. The van der Waals surface area contributed by atoms with Crippen LogP contribution in [0.15, 0.2) is 85.7 Å². The third-order valence-electron chi connectivity index (χ3n) is 2.92. The third kappa shape index (κ3) is 4.98. The number of hydrogen-bond acceptors (Lipinski definition) is 2. The van der Waals surface area contributed by atoms with Crippen molar-refractivity contribution in [2.45, 2.75) is 13.8 Å². The molecule has 1 aromatic carbocycles. The fourth-order valence-corrected chi connectivity index (χ4v) is 1.84. The third-order valence-corrected chi connectivity index (χ3v) is 2.92. The van der Waals surface area contributed by atoms with E-state index < -0.39 is 0 Å². The second-order valence-corrected chi connectivity index (χ2v) is 4.50. The number of allylic oxidation sites excluding steroid dienone is 9. The van der Waals surface area contributed by atoms with Crippen LogP contribution < -0.4 is 10.5 Å². The summed E-state index contributed by atoms with van der Waals surface area (Å²) in [5.74, 6) is 1.35. The molecule has 0 saturated heterocycles. The van der Waals surface area contributed by atoms with Gasteiger partial charge in [0.1, 0.15) is 11.5 Å². The van der Waals surface area contributed by atoms with Crippen LogP contribution >= 0.6 is 0 Å². The van der Waals surface area contributed by atoms with E-state index in [1.807, 2.05) is 68.5 Å². The van der Waals surface area contributed by atoms with Gasteiger partial charge in [0.2, 0.25) is 0 Å². The average Bonchev–Trinajstić information content (AvgIpc) is 2.53. The molecule has 0 aromatic heterocycles. The largest absolute Gasteiger partial charge is 0.457 e. The Balaban J connectivity index is 3.28. The molecule has 0 fully saturated rings. The molecule has 2 heteroatoms. The monoisotopic (exact) mass is 293 g/mol. The van der Waals surface area contributed by atoms with E-state index in [2.05, 4.69) is 13.2 Å². The average molecular weight is 293 g/mol. The molecule has 0 unspecified atom stereocenters. The van der Waals surface area contributed by atoms with Gasteiger partial charge in [-0.2, -0.15) is 0 Å². The Hall–Kier alpha value is -2.74. The highest BCUT2D eigenvalue weighted by Crippen LogP contribution is 2.30. The van der Waals surface area contributed by atoms with E-state index in [1.54, 1.807) is 12.2 Å². The molecule has 0 heterocycles. The van der Waals surface area contributed by atoms with Gasteiger partial charge in [0.15, 0.2) is 0 Å². The Labute approximate surface area is 133 Å². The van der Waals surface area contributed by atoms with Gasteiger partial charge in [-0.3, -0.25) is 0 Å². The maximum Gasteiger partial charge on any atom is 0.137 e. The van der Waals surface area contributed by atoms with Crippen molar-refractivity contribution in [1.82, 2.24) is 0 Å². The summed E-state index contributed by atoms with van der Waals surface area (Å²) in [6, 6.07) is 5.62. The summed E-state index contributed by atoms with van der Waals surface area (Å²) in [7, 11) is 0. The van der Waals surface area contributed by atoms with E-state index in [0.29, 0.717) is 17.2 Å². The SMILES string of the molecule is C=CC=CC(=CC)c1ccc(N)cc1OC(C=C)=CC=CC. The van der Waals surface area contributed by atoms with Gasteiger partial charge >= 0.3 is 0 Å². The van der Waals surface area contributed by atoms with Crippen LogP contribution in [0.4, 0.5) is 5.69 Å². The van der Waals surface area contributed by atoms with Crippen LogP contribution in [0.5, 0.6) is 5.75 Å². The molecule has 0 aliphatic heterocycles. The standard InChI is InChI=1S/C20H23NO/c1-5-9-11-16(7-3)19-14-13-17(21)15-20(19)22-18(8-4)12-10-6-2/h5-15H,1,4,21H2,2-3H3. The number of anilines is 1. The van der Waals surface area contributed by atoms with Gasteiger partial charge in [0.05, 0.1) is 0 Å². The van der Waals surface area contributed by atoms with Crippen molar-refractivity contribution in [1.29, 1.82) is 0 Å². The highest BCUT2D eigenvalue weighted by Gasteiger charge is 2.08. The van der Waals surface area contributed by atoms with Gasteiger partial charge in [-0.05, 0) is 43.7 Å². The van der Waals surface area contributed by atoms with E-state index >= 15 is 0 Å². The summed E-state index contributed by atoms with van der Waals surface area (Å²) in [5, 5.41) is 0. The van der Waals surface area contributed by atoms with Crippen LogP contribution in [0.1, 0.15) is 19.4 Å². The molecule has 0 saturated carbocycles. The second kappa shape index (κ2) is 9.24. The van der Waals surface area contributed by atoms with Crippen molar-refractivity contribution in [3.63, 3.8) is 0 Å². The van der Waals surface area contributed by atoms with Crippen molar-refractivity contribution in [2.75, 3.05) is 5.73 Å². The lowest BCUT2D eigenvalue weighted by Gasteiger charge is -2.13. The fourth-order valence-electron chi connectivity index (χ4n) is 1.84.